The van der Waals surface area contributed by atoms with Gasteiger partial charge in [-0.05, 0) is 37.2 Å². The molecule has 0 spiro atoms. The third kappa shape index (κ3) is 3.44. The van der Waals surface area contributed by atoms with Crippen LogP contribution in [0, 0.1) is 0 Å². The predicted octanol–water partition coefficient (Wildman–Crippen LogP) is 4.47. The monoisotopic (exact) mass is 368 g/mol. The first-order valence-electron chi connectivity index (χ1n) is 7.94. The van der Waals surface area contributed by atoms with E-state index >= 15 is 0 Å². The van der Waals surface area contributed by atoms with E-state index in [9.17, 15) is 0 Å². The Bertz CT molecular complexity index is 735. The number of hydrogen-bond donors (Lipinski definition) is 1. The third-order valence-corrected chi connectivity index (χ3v) is 10.3. The number of benzene rings is 1. The van der Waals surface area contributed by atoms with Gasteiger partial charge in [0.2, 0.25) is 0 Å². The molecule has 1 heterocycles. The molecule has 1 atom stereocenters. The van der Waals surface area contributed by atoms with E-state index in [2.05, 4.69) is 38.8 Å². The average Bonchev–Trinajstić information content (AvgIpc) is 2.87. The summed E-state index contributed by atoms with van der Waals surface area (Å²) in [5, 5.41) is 0.656. The van der Waals surface area contributed by atoms with E-state index in [-0.39, 0.29) is 5.04 Å². The number of fused-ring (bicyclic) bond motifs is 1. The number of rotatable bonds is 5. The summed E-state index contributed by atoms with van der Waals surface area (Å²) in [6.07, 6.45) is 0. The Morgan fingerprint density at radius 3 is 2.21 bits per heavy atom. The first kappa shape index (κ1) is 19.2. The van der Waals surface area contributed by atoms with Gasteiger partial charge >= 0.3 is 0 Å². The van der Waals surface area contributed by atoms with Crippen LogP contribution in [-0.4, -0.2) is 27.5 Å². The van der Waals surface area contributed by atoms with Crippen LogP contribution in [0.15, 0.2) is 12.1 Å². The first-order chi connectivity index (χ1) is 10.9. The molecule has 5 nitrogen and oxygen atoms in total. The van der Waals surface area contributed by atoms with Gasteiger partial charge in [-0.25, -0.2) is 0 Å². The van der Waals surface area contributed by atoms with E-state index < -0.39 is 14.0 Å². The van der Waals surface area contributed by atoms with Crippen molar-refractivity contribution in [3.63, 3.8) is 0 Å². The normalized spacial score (nSPS) is 15.4. The van der Waals surface area contributed by atoms with Crippen LogP contribution >= 0.6 is 11.3 Å². The van der Waals surface area contributed by atoms with Crippen molar-refractivity contribution in [2.45, 2.75) is 51.6 Å². The number of nitrogens with two attached hydrogens (primary N) is 1. The SMILES string of the molecule is COc1nc2c(OC)ccc(C(C)(N)O[Si](C)(C)C(C)(C)C)c2s1. The zero-order valence-corrected chi connectivity index (χ0v) is 17.6. The molecule has 0 saturated heterocycles. The van der Waals surface area contributed by atoms with Crippen LogP contribution in [0.1, 0.15) is 33.3 Å². The van der Waals surface area contributed by atoms with Gasteiger partial charge < -0.3 is 19.6 Å². The molecule has 0 aliphatic rings. The van der Waals surface area contributed by atoms with Gasteiger partial charge in [0.25, 0.3) is 5.19 Å². The molecule has 24 heavy (non-hydrogen) atoms. The summed E-state index contributed by atoms with van der Waals surface area (Å²) in [7, 11) is 1.20. The van der Waals surface area contributed by atoms with Gasteiger partial charge in [0.15, 0.2) is 8.32 Å². The molecule has 2 rings (SSSR count). The molecule has 1 aromatic heterocycles. The van der Waals surface area contributed by atoms with Gasteiger partial charge in [-0.1, -0.05) is 32.1 Å². The molecule has 1 unspecified atom stereocenters. The standard InChI is InChI=1S/C17H28N2O3SSi/c1-16(2,3)24(7,8)22-17(4,18)11-9-10-12(20-5)13-14(11)23-15(19-13)21-6/h9-10H,18H2,1-8H3. The largest absolute Gasteiger partial charge is 0.494 e. The minimum Gasteiger partial charge on any atom is -0.494 e. The Hall–Kier alpha value is -1.15. The maximum absolute atomic E-state index is 6.64. The molecular weight excluding hydrogens is 340 g/mol. The van der Waals surface area contributed by atoms with Gasteiger partial charge in [-0.2, -0.15) is 4.98 Å². The maximum atomic E-state index is 6.64. The third-order valence-electron chi connectivity index (χ3n) is 4.69. The summed E-state index contributed by atoms with van der Waals surface area (Å²) in [6, 6.07) is 3.85. The minimum absolute atomic E-state index is 0.0740. The fraction of sp³-hybridized carbons (Fsp3) is 0.588. The second kappa shape index (κ2) is 6.29. The average molecular weight is 369 g/mol. The summed E-state index contributed by atoms with van der Waals surface area (Å²) in [6.45, 7) is 12.9. The lowest BCUT2D eigenvalue weighted by atomic mass is 10.1. The number of aromatic nitrogens is 1. The van der Waals surface area contributed by atoms with Crippen LogP contribution in [0.25, 0.3) is 10.2 Å². The van der Waals surface area contributed by atoms with Crippen LogP contribution in [0.3, 0.4) is 0 Å². The van der Waals surface area contributed by atoms with E-state index in [1.165, 1.54) is 11.3 Å². The van der Waals surface area contributed by atoms with Gasteiger partial charge in [-0.3, -0.25) is 0 Å². The molecule has 0 fully saturated rings. The van der Waals surface area contributed by atoms with Crippen molar-refractivity contribution >= 4 is 29.9 Å². The van der Waals surface area contributed by atoms with E-state index in [1.54, 1.807) is 14.2 Å². The van der Waals surface area contributed by atoms with Crippen LogP contribution < -0.4 is 15.2 Å². The zero-order chi connectivity index (χ0) is 18.3. The highest BCUT2D eigenvalue weighted by Crippen LogP contribution is 2.44. The van der Waals surface area contributed by atoms with Gasteiger partial charge in [0.1, 0.15) is 17.0 Å². The van der Waals surface area contributed by atoms with E-state index in [0.717, 1.165) is 15.8 Å². The van der Waals surface area contributed by atoms with Crippen LogP contribution in [-0.2, 0) is 10.2 Å². The molecule has 2 N–H and O–H groups in total. The molecule has 0 aliphatic heterocycles. The molecule has 134 valence electrons. The second-order valence-corrected chi connectivity index (χ2v) is 13.3. The smallest absolute Gasteiger partial charge is 0.274 e. The van der Waals surface area contributed by atoms with Gasteiger partial charge in [0.05, 0.1) is 18.9 Å². The quantitative estimate of drug-likeness (QED) is 0.623. The first-order valence-corrected chi connectivity index (χ1v) is 11.7. The molecule has 7 heteroatoms. The van der Waals surface area contributed by atoms with E-state index in [4.69, 9.17) is 19.6 Å². The van der Waals surface area contributed by atoms with Gasteiger partial charge in [-0.15, -0.1) is 0 Å². The predicted molar refractivity (Wildman–Crippen MR) is 103 cm³/mol. The number of thiazole rings is 1. The Morgan fingerprint density at radius 1 is 1.08 bits per heavy atom. The van der Waals surface area contributed by atoms with Crippen LogP contribution in [0.5, 0.6) is 10.9 Å². The lowest BCUT2D eigenvalue weighted by Crippen LogP contribution is -2.51. The van der Waals surface area contributed by atoms with Crippen molar-refractivity contribution in [1.82, 2.24) is 4.98 Å². The summed E-state index contributed by atoms with van der Waals surface area (Å²) >= 11 is 1.46. The number of methoxy groups -OCH3 is 2. The fourth-order valence-corrected chi connectivity index (χ4v) is 4.84. The molecule has 2 aromatic rings. The van der Waals surface area contributed by atoms with Crippen molar-refractivity contribution in [3.05, 3.63) is 17.7 Å². The summed E-state index contributed by atoms with van der Waals surface area (Å²) in [4.78, 5) is 4.49. The Kier molecular flexibility index (Phi) is 5.03. The van der Waals surface area contributed by atoms with Crippen LogP contribution in [0.4, 0.5) is 0 Å². The summed E-state index contributed by atoms with van der Waals surface area (Å²) < 4.78 is 18.2. The fourth-order valence-electron chi connectivity index (χ4n) is 2.34. The van der Waals surface area contributed by atoms with Crippen LogP contribution in [0.2, 0.25) is 18.1 Å². The Balaban J connectivity index is 2.56. The van der Waals surface area contributed by atoms with Crippen molar-refractivity contribution in [2.75, 3.05) is 14.2 Å². The molecule has 0 radical (unpaired) electrons. The Labute approximate surface area is 149 Å². The molecule has 0 bridgehead atoms. The van der Waals surface area contributed by atoms with Gasteiger partial charge in [0, 0.05) is 5.56 Å². The molecular formula is C17H28N2O3SSi. The maximum Gasteiger partial charge on any atom is 0.274 e. The zero-order valence-electron chi connectivity index (χ0n) is 15.8. The lowest BCUT2D eigenvalue weighted by molar-refractivity contribution is 0.0785. The highest BCUT2D eigenvalue weighted by Gasteiger charge is 2.43. The second-order valence-electron chi connectivity index (χ2n) is 7.65. The number of ether oxygens (including phenoxy) is 2. The summed E-state index contributed by atoms with van der Waals surface area (Å²) in [5.41, 5.74) is 7.39. The Morgan fingerprint density at radius 2 is 1.71 bits per heavy atom. The molecule has 0 amide bonds. The van der Waals surface area contributed by atoms with E-state index in [0.29, 0.717) is 10.9 Å². The lowest BCUT2D eigenvalue weighted by Gasteiger charge is -2.42. The highest BCUT2D eigenvalue weighted by atomic mass is 32.1. The molecule has 0 aliphatic carbocycles. The molecule has 0 saturated carbocycles. The highest BCUT2D eigenvalue weighted by molar-refractivity contribution is 7.20. The summed E-state index contributed by atoms with van der Waals surface area (Å²) in [5.74, 6) is 0.705. The van der Waals surface area contributed by atoms with Crippen molar-refractivity contribution in [3.8, 4) is 10.9 Å². The van der Waals surface area contributed by atoms with E-state index in [1.807, 2.05) is 19.1 Å². The minimum atomic E-state index is -2.04. The van der Waals surface area contributed by atoms with Crippen molar-refractivity contribution < 1.29 is 13.9 Å². The van der Waals surface area contributed by atoms with Crippen molar-refractivity contribution in [1.29, 1.82) is 0 Å². The number of nitrogens with zero attached hydrogens (tertiary/aromatic N) is 1. The topological polar surface area (TPSA) is 66.6 Å². The van der Waals surface area contributed by atoms with Crippen molar-refractivity contribution in [2.24, 2.45) is 5.73 Å². The molecule has 1 aromatic carbocycles. The number of hydrogen-bond acceptors (Lipinski definition) is 6.